The predicted octanol–water partition coefficient (Wildman–Crippen LogP) is 2.69. The van der Waals surface area contributed by atoms with E-state index in [0.29, 0.717) is 11.4 Å². The molecule has 4 rings (SSSR count). The van der Waals surface area contributed by atoms with Crippen LogP contribution in [0.1, 0.15) is 6.92 Å². The number of amides is 3. The summed E-state index contributed by atoms with van der Waals surface area (Å²) in [6, 6.07) is 13.2. The minimum atomic E-state index is -0.662. The van der Waals surface area contributed by atoms with Crippen LogP contribution in [0.3, 0.4) is 0 Å². The van der Waals surface area contributed by atoms with Gasteiger partial charge in [-0.15, -0.1) is 0 Å². The van der Waals surface area contributed by atoms with E-state index in [9.17, 15) is 18.8 Å². The van der Waals surface area contributed by atoms with Crippen LogP contribution in [-0.2, 0) is 14.3 Å². The van der Waals surface area contributed by atoms with Crippen molar-refractivity contribution < 1.29 is 33.0 Å². The molecule has 0 bridgehead atoms. The van der Waals surface area contributed by atoms with Gasteiger partial charge in [-0.05, 0) is 24.3 Å². The second-order valence-electron chi connectivity index (χ2n) is 7.43. The van der Waals surface area contributed by atoms with E-state index in [2.05, 4.69) is 5.32 Å². The number of hydrogen-bond acceptors (Lipinski definition) is 6. The first-order valence-corrected chi connectivity index (χ1v) is 10.1. The van der Waals surface area contributed by atoms with Crippen LogP contribution in [0.25, 0.3) is 0 Å². The molecule has 2 aromatic carbocycles. The van der Waals surface area contributed by atoms with Gasteiger partial charge in [-0.1, -0.05) is 18.2 Å². The highest BCUT2D eigenvalue weighted by molar-refractivity contribution is 5.90. The summed E-state index contributed by atoms with van der Waals surface area (Å²) < 4.78 is 30.6. The molecule has 1 N–H and O–H groups in total. The second kappa shape index (κ2) is 9.13. The monoisotopic (exact) mass is 443 g/mol. The lowest BCUT2D eigenvalue weighted by Gasteiger charge is -2.16. The summed E-state index contributed by atoms with van der Waals surface area (Å²) in [5.41, 5.74) is 1.03. The van der Waals surface area contributed by atoms with Crippen molar-refractivity contribution in [2.75, 3.05) is 36.0 Å². The fourth-order valence-electron chi connectivity index (χ4n) is 3.48. The maximum atomic E-state index is 14.6. The largest absolute Gasteiger partial charge is 0.487 e. The van der Waals surface area contributed by atoms with Crippen LogP contribution in [0, 0.1) is 5.82 Å². The van der Waals surface area contributed by atoms with Gasteiger partial charge < -0.3 is 19.5 Å². The molecule has 0 spiro atoms. The summed E-state index contributed by atoms with van der Waals surface area (Å²) in [6.07, 6.45) is -2.17. The zero-order valence-corrected chi connectivity index (χ0v) is 17.3. The summed E-state index contributed by atoms with van der Waals surface area (Å²) in [7, 11) is 0. The van der Waals surface area contributed by atoms with Crippen molar-refractivity contribution in [2.24, 2.45) is 0 Å². The minimum Gasteiger partial charge on any atom is -0.487 e. The lowest BCUT2D eigenvalue weighted by atomic mass is 10.2. The molecule has 3 amide bonds. The van der Waals surface area contributed by atoms with Crippen LogP contribution in [-0.4, -0.2) is 56.5 Å². The Morgan fingerprint density at radius 1 is 1.03 bits per heavy atom. The number of cyclic esters (lactones) is 2. The molecule has 0 saturated carbocycles. The van der Waals surface area contributed by atoms with Crippen molar-refractivity contribution in [3.8, 4) is 5.75 Å². The van der Waals surface area contributed by atoms with Crippen molar-refractivity contribution >= 4 is 29.5 Å². The van der Waals surface area contributed by atoms with E-state index in [1.165, 1.54) is 34.9 Å². The van der Waals surface area contributed by atoms with Crippen LogP contribution >= 0.6 is 0 Å². The van der Waals surface area contributed by atoms with Crippen molar-refractivity contribution in [3.63, 3.8) is 0 Å². The SMILES string of the molecule is CC(=O)NC[C@H]1CN(c2ccc(OC[C@H]3CN(c4ccccc4)C(=O)O3)c(F)c2)C(=O)O1. The average molecular weight is 443 g/mol. The third kappa shape index (κ3) is 4.74. The van der Waals surface area contributed by atoms with E-state index in [0.717, 1.165) is 0 Å². The van der Waals surface area contributed by atoms with Gasteiger partial charge in [0.25, 0.3) is 0 Å². The molecule has 0 aromatic heterocycles. The maximum Gasteiger partial charge on any atom is 0.414 e. The minimum absolute atomic E-state index is 0.0180. The maximum absolute atomic E-state index is 14.6. The van der Waals surface area contributed by atoms with Gasteiger partial charge >= 0.3 is 12.2 Å². The molecule has 2 atom stereocenters. The molecule has 0 aliphatic carbocycles. The Kier molecular flexibility index (Phi) is 6.11. The molecule has 168 valence electrons. The zero-order chi connectivity index (χ0) is 22.7. The molecule has 0 radical (unpaired) electrons. The van der Waals surface area contributed by atoms with E-state index >= 15 is 0 Å². The quantitative estimate of drug-likeness (QED) is 0.707. The first-order chi connectivity index (χ1) is 15.4. The second-order valence-corrected chi connectivity index (χ2v) is 7.43. The van der Waals surface area contributed by atoms with Gasteiger partial charge in [0.05, 0.1) is 25.3 Å². The molecule has 0 unspecified atom stereocenters. The number of rotatable bonds is 7. The smallest absolute Gasteiger partial charge is 0.414 e. The molecular formula is C22H22FN3O6. The lowest BCUT2D eigenvalue weighted by Crippen LogP contribution is -2.33. The number of anilines is 2. The predicted molar refractivity (Wildman–Crippen MR) is 112 cm³/mol. The van der Waals surface area contributed by atoms with Gasteiger partial charge in [0.1, 0.15) is 12.7 Å². The summed E-state index contributed by atoms with van der Waals surface area (Å²) in [5, 5.41) is 2.58. The summed E-state index contributed by atoms with van der Waals surface area (Å²) in [6.45, 7) is 2.01. The van der Waals surface area contributed by atoms with Gasteiger partial charge in [-0.2, -0.15) is 0 Å². The van der Waals surface area contributed by atoms with Crippen LogP contribution in [0.4, 0.5) is 25.4 Å². The van der Waals surface area contributed by atoms with Gasteiger partial charge in [-0.25, -0.2) is 14.0 Å². The summed E-state index contributed by atoms with van der Waals surface area (Å²) in [4.78, 5) is 38.0. The Morgan fingerprint density at radius 3 is 2.38 bits per heavy atom. The van der Waals surface area contributed by atoms with Crippen LogP contribution in [0.15, 0.2) is 48.5 Å². The van der Waals surface area contributed by atoms with Gasteiger partial charge in [-0.3, -0.25) is 14.6 Å². The van der Waals surface area contributed by atoms with Crippen molar-refractivity contribution in [1.29, 1.82) is 0 Å². The Bertz CT molecular complexity index is 1020. The van der Waals surface area contributed by atoms with Crippen molar-refractivity contribution in [3.05, 3.63) is 54.3 Å². The molecule has 2 fully saturated rings. The van der Waals surface area contributed by atoms with Crippen LogP contribution < -0.4 is 19.9 Å². The number of carbonyl (C=O) groups is 3. The molecule has 9 nitrogen and oxygen atoms in total. The van der Waals surface area contributed by atoms with Crippen molar-refractivity contribution in [1.82, 2.24) is 5.32 Å². The van der Waals surface area contributed by atoms with Crippen molar-refractivity contribution in [2.45, 2.75) is 19.1 Å². The molecule has 2 aliphatic heterocycles. The first-order valence-electron chi connectivity index (χ1n) is 10.1. The molecular weight excluding hydrogens is 421 g/mol. The lowest BCUT2D eigenvalue weighted by molar-refractivity contribution is -0.119. The highest BCUT2D eigenvalue weighted by Gasteiger charge is 2.34. The Morgan fingerprint density at radius 2 is 1.69 bits per heavy atom. The van der Waals surface area contributed by atoms with Gasteiger partial charge in [0.15, 0.2) is 17.7 Å². The number of benzene rings is 2. The number of para-hydroxylation sites is 1. The molecule has 10 heteroatoms. The Balaban J connectivity index is 1.34. The molecule has 32 heavy (non-hydrogen) atoms. The van der Waals surface area contributed by atoms with E-state index < -0.39 is 30.2 Å². The summed E-state index contributed by atoms with van der Waals surface area (Å²) >= 11 is 0. The number of nitrogens with zero attached hydrogens (tertiary/aromatic N) is 2. The normalized spacial score (nSPS) is 20.2. The topological polar surface area (TPSA) is 97.4 Å². The number of hydrogen-bond donors (Lipinski definition) is 1. The highest BCUT2D eigenvalue weighted by atomic mass is 19.1. The molecule has 2 aromatic rings. The van der Waals surface area contributed by atoms with E-state index in [1.54, 1.807) is 12.1 Å². The Labute approximate surface area is 183 Å². The number of nitrogens with one attached hydrogen (secondary N) is 1. The highest BCUT2D eigenvalue weighted by Crippen LogP contribution is 2.28. The van der Waals surface area contributed by atoms with E-state index in [1.807, 2.05) is 18.2 Å². The average Bonchev–Trinajstić information content (AvgIpc) is 3.34. The molecule has 2 saturated heterocycles. The van der Waals surface area contributed by atoms with Crippen LogP contribution in [0.2, 0.25) is 0 Å². The van der Waals surface area contributed by atoms with Gasteiger partial charge in [0, 0.05) is 18.7 Å². The zero-order valence-electron chi connectivity index (χ0n) is 17.3. The third-order valence-corrected chi connectivity index (χ3v) is 5.05. The molecule has 2 aliphatic rings. The standard InChI is InChI=1S/C22H22FN3O6/c1-14(27)24-10-17-11-26(22(29)31-17)16-7-8-20(19(23)9-16)30-13-18-12-25(21(28)32-18)15-5-3-2-4-6-15/h2-9,17-18H,10-13H2,1H3,(H,24,27)/t17-,18+/m0/s1. The van der Waals surface area contributed by atoms with Crippen LogP contribution in [0.5, 0.6) is 5.75 Å². The first kappa shape index (κ1) is 21.4. The fourth-order valence-corrected chi connectivity index (χ4v) is 3.48. The Hall–Kier alpha value is -3.82. The third-order valence-electron chi connectivity index (χ3n) is 5.05. The summed E-state index contributed by atoms with van der Waals surface area (Å²) in [5.74, 6) is -0.915. The number of halogens is 1. The van der Waals surface area contributed by atoms with E-state index in [-0.39, 0.29) is 37.9 Å². The number of ether oxygens (including phenoxy) is 3. The number of carbonyl (C=O) groups excluding carboxylic acids is 3. The van der Waals surface area contributed by atoms with E-state index in [4.69, 9.17) is 14.2 Å². The van der Waals surface area contributed by atoms with Gasteiger partial charge in [0.2, 0.25) is 5.91 Å². The molecule has 2 heterocycles. The fraction of sp³-hybridized carbons (Fsp3) is 0.318.